The molecule has 0 N–H and O–H groups in total. The van der Waals surface area contributed by atoms with E-state index >= 15 is 0 Å². The molecule has 3 rings (SSSR count). The number of benzene rings is 2. The second-order valence-electron chi connectivity index (χ2n) is 7.32. The van der Waals surface area contributed by atoms with Crippen molar-refractivity contribution >= 4 is 15.7 Å². The van der Waals surface area contributed by atoms with Gasteiger partial charge >= 0.3 is 0 Å². The highest BCUT2D eigenvalue weighted by molar-refractivity contribution is 7.89. The van der Waals surface area contributed by atoms with Crippen LogP contribution in [0.25, 0.3) is 0 Å². The summed E-state index contributed by atoms with van der Waals surface area (Å²) in [5.74, 6) is 0.443. The van der Waals surface area contributed by atoms with E-state index in [-0.39, 0.29) is 0 Å². The van der Waals surface area contributed by atoms with E-state index in [9.17, 15) is 8.42 Å². The third kappa shape index (κ3) is 3.51. The van der Waals surface area contributed by atoms with Gasteiger partial charge in [0.1, 0.15) is 0 Å². The molecule has 26 heavy (non-hydrogen) atoms. The van der Waals surface area contributed by atoms with E-state index in [2.05, 4.69) is 43.9 Å². The maximum atomic E-state index is 13.0. The highest BCUT2D eigenvalue weighted by Crippen LogP contribution is 2.32. The number of hydrogen-bond donors (Lipinski definition) is 0. The maximum Gasteiger partial charge on any atom is 0.243 e. The summed E-state index contributed by atoms with van der Waals surface area (Å²) in [7, 11) is -3.43. The van der Waals surface area contributed by atoms with Crippen LogP contribution in [0.5, 0.6) is 0 Å². The molecule has 4 nitrogen and oxygen atoms in total. The van der Waals surface area contributed by atoms with Gasteiger partial charge in [-0.2, -0.15) is 4.31 Å². The predicted molar refractivity (Wildman–Crippen MR) is 107 cm³/mol. The van der Waals surface area contributed by atoms with Crippen molar-refractivity contribution in [3.63, 3.8) is 0 Å². The Labute approximate surface area is 157 Å². The minimum Gasteiger partial charge on any atom is -0.368 e. The Bertz CT molecular complexity index is 883. The summed E-state index contributed by atoms with van der Waals surface area (Å²) in [5, 5.41) is 0. The van der Waals surface area contributed by atoms with E-state index in [0.717, 1.165) is 18.7 Å². The molecule has 1 aliphatic heterocycles. The quantitative estimate of drug-likeness (QED) is 0.816. The number of rotatable bonds is 4. The lowest BCUT2D eigenvalue weighted by Gasteiger charge is -2.37. The van der Waals surface area contributed by atoms with Crippen LogP contribution in [0.2, 0.25) is 0 Å². The van der Waals surface area contributed by atoms with Gasteiger partial charge in [-0.05, 0) is 42.5 Å². The van der Waals surface area contributed by atoms with Gasteiger partial charge in [-0.3, -0.25) is 0 Å². The van der Waals surface area contributed by atoms with Crippen LogP contribution in [0.15, 0.2) is 47.4 Å². The molecule has 0 amide bonds. The Kier molecular flexibility index (Phi) is 5.39. The average Bonchev–Trinajstić information content (AvgIpc) is 2.62. The summed E-state index contributed by atoms with van der Waals surface area (Å²) >= 11 is 0. The van der Waals surface area contributed by atoms with Crippen LogP contribution in [0.4, 0.5) is 5.69 Å². The van der Waals surface area contributed by atoms with E-state index in [1.54, 1.807) is 16.4 Å². The molecule has 2 aromatic carbocycles. The van der Waals surface area contributed by atoms with Crippen molar-refractivity contribution in [2.45, 2.75) is 38.5 Å². The van der Waals surface area contributed by atoms with Gasteiger partial charge in [0.15, 0.2) is 0 Å². The fourth-order valence-corrected chi connectivity index (χ4v) is 5.36. The summed E-state index contributed by atoms with van der Waals surface area (Å²) in [6, 6.07) is 13.6. The predicted octanol–water partition coefficient (Wildman–Crippen LogP) is 3.94. The number of piperazine rings is 1. The number of para-hydroxylation sites is 1. The molecule has 0 bridgehead atoms. The van der Waals surface area contributed by atoms with E-state index in [1.807, 2.05) is 19.1 Å². The van der Waals surface area contributed by atoms with Crippen LogP contribution in [0.1, 0.15) is 36.5 Å². The van der Waals surface area contributed by atoms with Crippen molar-refractivity contribution in [2.24, 2.45) is 0 Å². The number of hydrogen-bond acceptors (Lipinski definition) is 3. The molecule has 5 heteroatoms. The summed E-state index contributed by atoms with van der Waals surface area (Å²) in [5.41, 5.74) is 4.66. The highest BCUT2D eigenvalue weighted by atomic mass is 32.2. The summed E-state index contributed by atoms with van der Waals surface area (Å²) in [6.45, 7) is 10.9. The van der Waals surface area contributed by atoms with E-state index in [4.69, 9.17) is 0 Å². The first-order chi connectivity index (χ1) is 12.3. The van der Waals surface area contributed by atoms with E-state index in [1.165, 1.54) is 16.8 Å². The molecule has 0 radical (unpaired) electrons. The first-order valence-electron chi connectivity index (χ1n) is 9.22. The smallest absolute Gasteiger partial charge is 0.243 e. The van der Waals surface area contributed by atoms with Crippen molar-refractivity contribution < 1.29 is 8.42 Å². The van der Waals surface area contributed by atoms with Gasteiger partial charge in [0.05, 0.1) is 4.90 Å². The zero-order chi connectivity index (χ0) is 18.9. The van der Waals surface area contributed by atoms with Crippen LogP contribution in [-0.2, 0) is 10.0 Å². The third-order valence-corrected chi connectivity index (χ3v) is 7.22. The minimum atomic E-state index is -3.43. The summed E-state index contributed by atoms with van der Waals surface area (Å²) < 4.78 is 27.6. The Morgan fingerprint density at radius 2 is 1.46 bits per heavy atom. The first kappa shape index (κ1) is 18.9. The molecule has 0 aromatic heterocycles. The molecular formula is C21H28N2O2S. The maximum absolute atomic E-state index is 13.0. The van der Waals surface area contributed by atoms with Crippen molar-refractivity contribution in [2.75, 3.05) is 31.1 Å². The van der Waals surface area contributed by atoms with E-state index < -0.39 is 10.0 Å². The monoisotopic (exact) mass is 372 g/mol. The fraction of sp³-hybridized carbons (Fsp3) is 0.429. The molecule has 1 fully saturated rings. The van der Waals surface area contributed by atoms with Gasteiger partial charge in [-0.1, -0.05) is 50.2 Å². The van der Waals surface area contributed by atoms with Crippen LogP contribution >= 0.6 is 0 Å². The van der Waals surface area contributed by atoms with Gasteiger partial charge < -0.3 is 4.90 Å². The molecule has 1 aliphatic rings. The van der Waals surface area contributed by atoms with Gasteiger partial charge in [-0.15, -0.1) is 0 Å². The molecule has 2 aromatic rings. The molecule has 140 valence electrons. The van der Waals surface area contributed by atoms with Crippen molar-refractivity contribution in [1.29, 1.82) is 0 Å². The molecule has 0 saturated carbocycles. The zero-order valence-corrected chi connectivity index (χ0v) is 16.9. The lowest BCUT2D eigenvalue weighted by molar-refractivity contribution is 0.384. The Balaban J connectivity index is 1.82. The number of aryl methyl sites for hydroxylation is 2. The lowest BCUT2D eigenvalue weighted by atomic mass is 9.97. The standard InChI is InChI=1S/C21H28N2O2S/c1-16(2)19-10-7-9-18(4)21(19)22-12-14-23(15-13-22)26(24,25)20-11-6-5-8-17(20)3/h5-11,16H,12-15H2,1-4H3. The second-order valence-corrected chi connectivity index (χ2v) is 9.23. The topological polar surface area (TPSA) is 40.6 Å². The van der Waals surface area contributed by atoms with Crippen LogP contribution in [-0.4, -0.2) is 38.9 Å². The summed E-state index contributed by atoms with van der Waals surface area (Å²) in [6.07, 6.45) is 0. The molecule has 1 saturated heterocycles. The summed E-state index contributed by atoms with van der Waals surface area (Å²) in [4.78, 5) is 2.77. The molecular weight excluding hydrogens is 344 g/mol. The Hall–Kier alpha value is -1.85. The Morgan fingerprint density at radius 3 is 2.08 bits per heavy atom. The van der Waals surface area contributed by atoms with Crippen molar-refractivity contribution in [1.82, 2.24) is 4.31 Å². The fourth-order valence-electron chi connectivity index (χ4n) is 3.72. The van der Waals surface area contributed by atoms with Gasteiger partial charge in [-0.25, -0.2) is 8.42 Å². The molecule has 0 unspecified atom stereocenters. The average molecular weight is 373 g/mol. The second kappa shape index (κ2) is 7.41. The molecule has 0 atom stereocenters. The first-order valence-corrected chi connectivity index (χ1v) is 10.7. The SMILES string of the molecule is Cc1ccccc1S(=O)(=O)N1CCN(c2c(C)cccc2C(C)C)CC1. The number of nitrogens with zero attached hydrogens (tertiary/aromatic N) is 2. The molecule has 0 aliphatic carbocycles. The third-order valence-electron chi connectivity index (χ3n) is 5.16. The van der Waals surface area contributed by atoms with Crippen LogP contribution in [0, 0.1) is 13.8 Å². The number of anilines is 1. The van der Waals surface area contributed by atoms with Gasteiger partial charge in [0.25, 0.3) is 0 Å². The van der Waals surface area contributed by atoms with Crippen LogP contribution in [0.3, 0.4) is 0 Å². The largest absolute Gasteiger partial charge is 0.368 e. The van der Waals surface area contributed by atoms with Gasteiger partial charge in [0.2, 0.25) is 10.0 Å². The highest BCUT2D eigenvalue weighted by Gasteiger charge is 2.30. The van der Waals surface area contributed by atoms with Crippen molar-refractivity contribution in [3.8, 4) is 0 Å². The van der Waals surface area contributed by atoms with Gasteiger partial charge in [0, 0.05) is 31.9 Å². The lowest BCUT2D eigenvalue weighted by Crippen LogP contribution is -2.49. The normalized spacial score (nSPS) is 16.3. The van der Waals surface area contributed by atoms with Crippen LogP contribution < -0.4 is 4.90 Å². The number of sulfonamides is 1. The minimum absolute atomic E-state index is 0.423. The molecule has 0 spiro atoms. The molecule has 1 heterocycles. The van der Waals surface area contributed by atoms with Crippen molar-refractivity contribution in [3.05, 3.63) is 59.2 Å². The Morgan fingerprint density at radius 1 is 0.846 bits per heavy atom. The zero-order valence-electron chi connectivity index (χ0n) is 16.1. The van der Waals surface area contributed by atoms with E-state index in [0.29, 0.717) is 23.9 Å².